The van der Waals surface area contributed by atoms with Gasteiger partial charge in [0.1, 0.15) is 11.6 Å². The summed E-state index contributed by atoms with van der Waals surface area (Å²) >= 11 is 0. The molecule has 7 heteroatoms. The molecule has 1 saturated heterocycles. The van der Waals surface area contributed by atoms with Crippen molar-refractivity contribution < 1.29 is 5.11 Å². The Labute approximate surface area is 183 Å². The SMILES string of the molecule is Cc1nccn2c1c(-c1ccc(N)c(O)c1)nc2[C@H]1CC[C@H](N2CCN(C)CC2)CC1. The molecule has 3 N–H and O–H groups in total. The summed E-state index contributed by atoms with van der Waals surface area (Å²) in [4.78, 5) is 14.7. The van der Waals surface area contributed by atoms with Crippen molar-refractivity contribution in [3.05, 3.63) is 42.1 Å². The number of likely N-dealkylation sites (N-methyl/N-ethyl adjacent to an activating group) is 1. The van der Waals surface area contributed by atoms with Gasteiger partial charge >= 0.3 is 0 Å². The van der Waals surface area contributed by atoms with Gasteiger partial charge in [0.15, 0.2) is 0 Å². The van der Waals surface area contributed by atoms with E-state index >= 15 is 0 Å². The number of benzene rings is 1. The predicted octanol–water partition coefficient (Wildman–Crippen LogP) is 3.27. The largest absolute Gasteiger partial charge is 0.506 e. The van der Waals surface area contributed by atoms with Gasteiger partial charge in [-0.1, -0.05) is 6.07 Å². The Morgan fingerprint density at radius 3 is 2.52 bits per heavy atom. The Hall–Kier alpha value is -2.64. The van der Waals surface area contributed by atoms with Crippen molar-refractivity contribution in [1.29, 1.82) is 0 Å². The van der Waals surface area contributed by atoms with Gasteiger partial charge in [-0.15, -0.1) is 0 Å². The third-order valence-electron chi connectivity index (χ3n) is 7.18. The second kappa shape index (κ2) is 8.13. The lowest BCUT2D eigenvalue weighted by atomic mass is 9.84. The molecule has 2 aliphatic rings. The summed E-state index contributed by atoms with van der Waals surface area (Å²) in [6.07, 6.45) is 8.65. The van der Waals surface area contributed by atoms with Crippen molar-refractivity contribution in [2.45, 2.75) is 44.6 Å². The molecule has 0 bridgehead atoms. The fourth-order valence-corrected chi connectivity index (χ4v) is 5.29. The van der Waals surface area contributed by atoms with E-state index in [4.69, 9.17) is 10.7 Å². The van der Waals surface area contributed by atoms with Crippen molar-refractivity contribution in [1.82, 2.24) is 24.2 Å². The van der Waals surface area contributed by atoms with Crippen molar-refractivity contribution in [2.24, 2.45) is 0 Å². The van der Waals surface area contributed by atoms with Gasteiger partial charge in [-0.05, 0) is 51.8 Å². The number of imidazole rings is 1. The standard InChI is InChI=1S/C24H32N6O/c1-16-23-22(18-5-8-20(25)21(31)15-18)27-24(30(23)10-9-26-16)17-3-6-19(7-4-17)29-13-11-28(2)12-14-29/h5,8-10,15,17,19,31H,3-4,6-7,11-14,25H2,1-2H3/t17-,19-. The average molecular weight is 421 g/mol. The fourth-order valence-electron chi connectivity index (χ4n) is 5.29. The summed E-state index contributed by atoms with van der Waals surface area (Å²) in [5.41, 5.74) is 9.90. The van der Waals surface area contributed by atoms with Crippen LogP contribution in [0.3, 0.4) is 0 Å². The van der Waals surface area contributed by atoms with Crippen LogP contribution in [0, 0.1) is 6.92 Å². The summed E-state index contributed by atoms with van der Waals surface area (Å²) in [7, 11) is 2.22. The Morgan fingerprint density at radius 1 is 1.06 bits per heavy atom. The number of phenolic OH excluding ortho intramolecular Hbond substituents is 1. The Kier molecular flexibility index (Phi) is 5.32. The minimum atomic E-state index is 0.0921. The molecule has 1 aliphatic heterocycles. The van der Waals surface area contributed by atoms with E-state index in [0.717, 1.165) is 41.1 Å². The lowest BCUT2D eigenvalue weighted by Gasteiger charge is -2.41. The van der Waals surface area contributed by atoms with Gasteiger partial charge in [0.05, 0.1) is 22.6 Å². The first-order valence-corrected chi connectivity index (χ1v) is 11.4. The van der Waals surface area contributed by atoms with Crippen molar-refractivity contribution in [3.63, 3.8) is 0 Å². The summed E-state index contributed by atoms with van der Waals surface area (Å²) in [6, 6.07) is 6.08. The number of aromatic nitrogens is 3. The number of phenols is 1. The van der Waals surface area contributed by atoms with E-state index in [-0.39, 0.29) is 5.75 Å². The van der Waals surface area contributed by atoms with Crippen molar-refractivity contribution in [2.75, 3.05) is 39.0 Å². The molecule has 0 radical (unpaired) electrons. The molecular formula is C24H32N6O. The van der Waals surface area contributed by atoms with Crippen LogP contribution in [0.15, 0.2) is 30.6 Å². The van der Waals surface area contributed by atoms with Gasteiger partial charge in [0.2, 0.25) is 0 Å². The molecule has 5 rings (SSSR count). The first-order valence-electron chi connectivity index (χ1n) is 11.4. The number of hydrogen-bond acceptors (Lipinski definition) is 6. The molecule has 1 aromatic carbocycles. The van der Waals surface area contributed by atoms with Gasteiger partial charge in [-0.2, -0.15) is 0 Å². The van der Waals surface area contributed by atoms with Gasteiger partial charge in [-0.3, -0.25) is 14.3 Å². The normalized spacial score (nSPS) is 23.4. The molecule has 0 atom stereocenters. The zero-order valence-corrected chi connectivity index (χ0v) is 18.5. The van der Waals surface area contributed by atoms with Crippen LogP contribution in [0.1, 0.15) is 43.1 Å². The zero-order valence-electron chi connectivity index (χ0n) is 18.5. The van der Waals surface area contributed by atoms with E-state index in [0.29, 0.717) is 17.6 Å². The lowest BCUT2D eigenvalue weighted by Crippen LogP contribution is -2.49. The van der Waals surface area contributed by atoms with Gasteiger partial charge in [0.25, 0.3) is 0 Å². The molecule has 0 spiro atoms. The predicted molar refractivity (Wildman–Crippen MR) is 123 cm³/mol. The van der Waals surface area contributed by atoms with Crippen LogP contribution in [0.5, 0.6) is 5.75 Å². The molecule has 2 aromatic heterocycles. The number of fused-ring (bicyclic) bond motifs is 1. The summed E-state index contributed by atoms with van der Waals surface area (Å²) in [5.74, 6) is 1.65. The maximum atomic E-state index is 10.1. The average Bonchev–Trinajstić information content (AvgIpc) is 3.17. The molecular weight excluding hydrogens is 388 g/mol. The number of hydrogen-bond donors (Lipinski definition) is 2. The number of aromatic hydroxyl groups is 1. The van der Waals surface area contributed by atoms with E-state index in [1.807, 2.05) is 25.4 Å². The van der Waals surface area contributed by atoms with E-state index in [1.165, 1.54) is 39.0 Å². The topological polar surface area (TPSA) is 82.9 Å². The smallest absolute Gasteiger partial charge is 0.139 e. The van der Waals surface area contributed by atoms with Crippen LogP contribution in [0.2, 0.25) is 0 Å². The van der Waals surface area contributed by atoms with Crippen LogP contribution < -0.4 is 5.73 Å². The fraction of sp³-hybridized carbons (Fsp3) is 0.500. The van der Waals surface area contributed by atoms with Crippen molar-refractivity contribution >= 4 is 11.2 Å². The second-order valence-electron chi connectivity index (χ2n) is 9.17. The summed E-state index contributed by atoms with van der Waals surface area (Å²) < 4.78 is 2.21. The molecule has 1 saturated carbocycles. The molecule has 2 fully saturated rings. The summed E-state index contributed by atoms with van der Waals surface area (Å²) in [5, 5.41) is 10.1. The minimum absolute atomic E-state index is 0.0921. The van der Waals surface area contributed by atoms with Gasteiger partial charge in [0, 0.05) is 56.1 Å². The number of piperazine rings is 1. The third-order valence-corrected chi connectivity index (χ3v) is 7.18. The Bertz CT molecular complexity index is 1080. The molecule has 7 nitrogen and oxygen atoms in total. The lowest BCUT2D eigenvalue weighted by molar-refractivity contribution is 0.0872. The van der Waals surface area contributed by atoms with E-state index < -0.39 is 0 Å². The summed E-state index contributed by atoms with van der Waals surface area (Å²) in [6.45, 7) is 6.75. The number of nitrogens with zero attached hydrogens (tertiary/aromatic N) is 5. The highest BCUT2D eigenvalue weighted by atomic mass is 16.3. The van der Waals surface area contributed by atoms with Crippen LogP contribution in [0.25, 0.3) is 16.8 Å². The molecule has 0 amide bonds. The molecule has 3 aromatic rings. The quantitative estimate of drug-likeness (QED) is 0.500. The highest BCUT2D eigenvalue weighted by molar-refractivity contribution is 5.81. The number of rotatable bonds is 3. The molecule has 0 unspecified atom stereocenters. The molecule has 3 heterocycles. The number of anilines is 1. The highest BCUT2D eigenvalue weighted by Gasteiger charge is 2.31. The third kappa shape index (κ3) is 3.77. The Balaban J connectivity index is 1.43. The van der Waals surface area contributed by atoms with Crippen molar-refractivity contribution in [3.8, 4) is 17.0 Å². The van der Waals surface area contributed by atoms with Gasteiger partial charge < -0.3 is 15.7 Å². The van der Waals surface area contributed by atoms with E-state index in [9.17, 15) is 5.11 Å². The highest BCUT2D eigenvalue weighted by Crippen LogP contribution is 2.38. The number of nitrogens with two attached hydrogens (primary N) is 1. The zero-order chi connectivity index (χ0) is 21.5. The number of aryl methyl sites for hydroxylation is 1. The van der Waals surface area contributed by atoms with E-state index in [1.54, 1.807) is 12.1 Å². The van der Waals surface area contributed by atoms with Crippen LogP contribution in [0.4, 0.5) is 5.69 Å². The Morgan fingerprint density at radius 2 is 1.81 bits per heavy atom. The molecule has 164 valence electrons. The monoisotopic (exact) mass is 420 g/mol. The first-order chi connectivity index (χ1) is 15.0. The van der Waals surface area contributed by atoms with Crippen LogP contribution >= 0.6 is 0 Å². The maximum absolute atomic E-state index is 10.1. The van der Waals surface area contributed by atoms with E-state index in [2.05, 4.69) is 26.2 Å². The van der Waals surface area contributed by atoms with Crippen LogP contribution in [-0.4, -0.2) is 68.5 Å². The molecule has 31 heavy (non-hydrogen) atoms. The first kappa shape index (κ1) is 20.3. The van der Waals surface area contributed by atoms with Gasteiger partial charge in [-0.25, -0.2) is 4.98 Å². The molecule has 1 aliphatic carbocycles. The minimum Gasteiger partial charge on any atom is -0.506 e. The maximum Gasteiger partial charge on any atom is 0.139 e. The second-order valence-corrected chi connectivity index (χ2v) is 9.17. The number of nitrogen functional groups attached to an aromatic ring is 1. The van der Waals surface area contributed by atoms with Crippen LogP contribution in [-0.2, 0) is 0 Å².